The van der Waals surface area contributed by atoms with Gasteiger partial charge in [0.2, 0.25) is 0 Å². The Labute approximate surface area is 49.5 Å². The van der Waals surface area contributed by atoms with Crippen LogP contribution in [0.4, 0.5) is 0 Å². The first kappa shape index (κ1) is 7.66. The summed E-state index contributed by atoms with van der Waals surface area (Å²) in [6.07, 6.45) is 1.06. The molecular weight excluding hydrogens is 104 g/mol. The van der Waals surface area contributed by atoms with Crippen molar-refractivity contribution in [2.24, 2.45) is 5.92 Å². The van der Waals surface area contributed by atoms with Gasteiger partial charge in [0.15, 0.2) is 0 Å². The van der Waals surface area contributed by atoms with Crippen molar-refractivity contribution in [3.8, 4) is 0 Å². The molecule has 0 rings (SSSR count). The van der Waals surface area contributed by atoms with Gasteiger partial charge < -0.3 is 10.2 Å². The molecule has 0 bridgehead atoms. The number of aliphatic hydroxyl groups is 2. The molecule has 2 nitrogen and oxygen atoms in total. The van der Waals surface area contributed by atoms with Gasteiger partial charge in [0.1, 0.15) is 0 Å². The van der Waals surface area contributed by atoms with Gasteiger partial charge in [0.05, 0.1) is 12.7 Å². The molecule has 0 spiro atoms. The zero-order valence-corrected chi connectivity index (χ0v) is 5.04. The molecule has 48 valence electrons. The molecule has 2 unspecified atom stereocenters. The van der Waals surface area contributed by atoms with Crippen molar-refractivity contribution in [2.75, 3.05) is 6.61 Å². The molecule has 8 heavy (non-hydrogen) atoms. The highest BCUT2D eigenvalue weighted by atomic mass is 16.3. The number of hydrogen-bond acceptors (Lipinski definition) is 2. The normalized spacial score (nSPS) is 17.4. The van der Waals surface area contributed by atoms with E-state index in [1.165, 1.54) is 0 Å². The highest BCUT2D eigenvalue weighted by Gasteiger charge is 2.07. The molecule has 0 saturated carbocycles. The minimum Gasteiger partial charge on any atom is -0.396 e. The number of aliphatic hydroxyl groups excluding tert-OH is 2. The molecule has 0 aliphatic rings. The Kier molecular flexibility index (Phi) is 3.48. The van der Waals surface area contributed by atoms with Gasteiger partial charge in [-0.25, -0.2) is 0 Å². The van der Waals surface area contributed by atoms with Gasteiger partial charge in [0, 0.05) is 5.92 Å². The predicted molar refractivity (Wildman–Crippen MR) is 32.5 cm³/mol. The fourth-order valence-electron chi connectivity index (χ4n) is 0.424. The summed E-state index contributed by atoms with van der Waals surface area (Å²) in [6.45, 7) is 5.03. The minimum absolute atomic E-state index is 0.0266. The van der Waals surface area contributed by atoms with E-state index in [9.17, 15) is 0 Å². The first-order valence-corrected chi connectivity index (χ1v) is 2.63. The standard InChI is InChI=1S/C6H12O2/c1-3-6(4-7)5(2)8/h3,5-8H,1,4H2,2H3. The molecule has 2 atom stereocenters. The van der Waals surface area contributed by atoms with Crippen LogP contribution < -0.4 is 0 Å². The van der Waals surface area contributed by atoms with Crippen LogP contribution in [-0.2, 0) is 0 Å². The summed E-state index contributed by atoms with van der Waals surface area (Å²) in [5.41, 5.74) is 0. The van der Waals surface area contributed by atoms with Gasteiger partial charge in [-0.3, -0.25) is 0 Å². The largest absolute Gasteiger partial charge is 0.396 e. The Morgan fingerprint density at radius 1 is 1.75 bits per heavy atom. The van der Waals surface area contributed by atoms with Crippen molar-refractivity contribution in [1.29, 1.82) is 0 Å². The van der Waals surface area contributed by atoms with Crippen LogP contribution in [0.2, 0.25) is 0 Å². The van der Waals surface area contributed by atoms with Gasteiger partial charge >= 0.3 is 0 Å². The highest BCUT2D eigenvalue weighted by Crippen LogP contribution is 2.01. The van der Waals surface area contributed by atoms with Crippen LogP contribution in [0, 0.1) is 5.92 Å². The van der Waals surface area contributed by atoms with Gasteiger partial charge in [0.25, 0.3) is 0 Å². The molecule has 0 fully saturated rings. The maximum absolute atomic E-state index is 8.78. The molecule has 2 heteroatoms. The summed E-state index contributed by atoms with van der Waals surface area (Å²) in [5.74, 6) is -0.171. The van der Waals surface area contributed by atoms with E-state index in [0.29, 0.717) is 0 Å². The van der Waals surface area contributed by atoms with Crippen molar-refractivity contribution in [1.82, 2.24) is 0 Å². The molecule has 0 aromatic carbocycles. The van der Waals surface area contributed by atoms with Crippen LogP contribution >= 0.6 is 0 Å². The van der Waals surface area contributed by atoms with E-state index in [4.69, 9.17) is 10.2 Å². The van der Waals surface area contributed by atoms with Gasteiger partial charge in [-0.1, -0.05) is 6.08 Å². The Bertz CT molecular complexity index is 68.9. The second-order valence-corrected chi connectivity index (χ2v) is 1.82. The Hall–Kier alpha value is -0.340. The summed E-state index contributed by atoms with van der Waals surface area (Å²) < 4.78 is 0. The monoisotopic (exact) mass is 116 g/mol. The topological polar surface area (TPSA) is 40.5 Å². The number of hydrogen-bond donors (Lipinski definition) is 2. The maximum atomic E-state index is 8.78. The molecule has 0 aliphatic heterocycles. The van der Waals surface area contributed by atoms with Crippen molar-refractivity contribution < 1.29 is 10.2 Å². The zero-order valence-electron chi connectivity index (χ0n) is 5.04. The molecule has 0 aromatic heterocycles. The number of rotatable bonds is 3. The van der Waals surface area contributed by atoms with Crippen molar-refractivity contribution in [3.63, 3.8) is 0 Å². The predicted octanol–water partition coefficient (Wildman–Crippen LogP) is 0.162. The molecule has 0 heterocycles. The molecule has 0 radical (unpaired) electrons. The Morgan fingerprint density at radius 2 is 2.25 bits per heavy atom. The summed E-state index contributed by atoms with van der Waals surface area (Å²) in [5, 5.41) is 17.2. The minimum atomic E-state index is -0.488. The Morgan fingerprint density at radius 3 is 2.25 bits per heavy atom. The summed E-state index contributed by atoms with van der Waals surface area (Å²) in [7, 11) is 0. The van der Waals surface area contributed by atoms with Crippen LogP contribution in [0.1, 0.15) is 6.92 Å². The highest BCUT2D eigenvalue weighted by molar-refractivity contribution is 4.81. The summed E-state index contributed by atoms with van der Waals surface area (Å²) in [4.78, 5) is 0. The first-order valence-electron chi connectivity index (χ1n) is 2.63. The lowest BCUT2D eigenvalue weighted by molar-refractivity contribution is 0.106. The average Bonchev–Trinajstić information content (AvgIpc) is 1.69. The van der Waals surface area contributed by atoms with Gasteiger partial charge in [-0.05, 0) is 6.92 Å². The first-order chi connectivity index (χ1) is 3.72. The Balaban J connectivity index is 3.51. The third-order valence-electron chi connectivity index (χ3n) is 1.13. The lowest BCUT2D eigenvalue weighted by Gasteiger charge is -2.10. The maximum Gasteiger partial charge on any atom is 0.0596 e. The van der Waals surface area contributed by atoms with E-state index in [1.807, 2.05) is 0 Å². The fraction of sp³-hybridized carbons (Fsp3) is 0.667. The van der Waals surface area contributed by atoms with E-state index in [-0.39, 0.29) is 12.5 Å². The fourth-order valence-corrected chi connectivity index (χ4v) is 0.424. The molecule has 2 N–H and O–H groups in total. The third-order valence-corrected chi connectivity index (χ3v) is 1.13. The third kappa shape index (κ3) is 2.09. The van der Waals surface area contributed by atoms with Crippen molar-refractivity contribution in [3.05, 3.63) is 12.7 Å². The lowest BCUT2D eigenvalue weighted by Crippen LogP contribution is -2.17. The lowest BCUT2D eigenvalue weighted by atomic mass is 10.1. The molecule has 0 saturated heterocycles. The van der Waals surface area contributed by atoms with E-state index < -0.39 is 6.10 Å². The van der Waals surface area contributed by atoms with Crippen LogP contribution in [0.25, 0.3) is 0 Å². The smallest absolute Gasteiger partial charge is 0.0596 e. The average molecular weight is 116 g/mol. The zero-order chi connectivity index (χ0) is 6.57. The summed E-state index contributed by atoms with van der Waals surface area (Å²) >= 11 is 0. The van der Waals surface area contributed by atoms with E-state index >= 15 is 0 Å². The van der Waals surface area contributed by atoms with Crippen LogP contribution in [0.5, 0.6) is 0 Å². The van der Waals surface area contributed by atoms with E-state index in [1.54, 1.807) is 13.0 Å². The quantitative estimate of drug-likeness (QED) is 0.516. The van der Waals surface area contributed by atoms with Crippen LogP contribution in [0.3, 0.4) is 0 Å². The summed E-state index contributed by atoms with van der Waals surface area (Å²) in [6, 6.07) is 0. The molecule has 0 amide bonds. The van der Waals surface area contributed by atoms with Gasteiger partial charge in [-0.2, -0.15) is 0 Å². The van der Waals surface area contributed by atoms with Gasteiger partial charge in [-0.15, -0.1) is 6.58 Å². The molecule has 0 aromatic rings. The second-order valence-electron chi connectivity index (χ2n) is 1.82. The SMILES string of the molecule is C=CC(CO)C(C)O. The van der Waals surface area contributed by atoms with Crippen molar-refractivity contribution >= 4 is 0 Å². The van der Waals surface area contributed by atoms with E-state index in [2.05, 4.69) is 6.58 Å². The second kappa shape index (κ2) is 3.64. The van der Waals surface area contributed by atoms with Crippen LogP contribution in [-0.4, -0.2) is 22.9 Å². The molecular formula is C6H12O2. The van der Waals surface area contributed by atoms with Crippen LogP contribution in [0.15, 0.2) is 12.7 Å². The van der Waals surface area contributed by atoms with Crippen molar-refractivity contribution in [2.45, 2.75) is 13.0 Å². The molecule has 0 aliphatic carbocycles. The van der Waals surface area contributed by atoms with E-state index in [0.717, 1.165) is 0 Å².